The number of aryl methyl sites for hydroxylation is 1. The molecule has 35 heavy (non-hydrogen) atoms. The van der Waals surface area contributed by atoms with Crippen LogP contribution in [-0.2, 0) is 6.42 Å². The number of benzene rings is 2. The molecule has 6 heteroatoms. The van der Waals surface area contributed by atoms with E-state index in [-0.39, 0.29) is 0 Å². The van der Waals surface area contributed by atoms with Crippen molar-refractivity contribution in [2.75, 3.05) is 30.3 Å². The number of carbonyl (C=O) groups is 1. The summed E-state index contributed by atoms with van der Waals surface area (Å²) in [6.07, 6.45) is 12.1. The second-order valence-electron chi connectivity index (χ2n) is 9.68. The summed E-state index contributed by atoms with van der Waals surface area (Å²) >= 11 is 10.5. The van der Waals surface area contributed by atoms with Crippen LogP contribution < -0.4 is 15.4 Å². The van der Waals surface area contributed by atoms with Crippen LogP contribution in [0, 0.1) is 11.8 Å². The third-order valence-electron chi connectivity index (χ3n) is 6.57. The van der Waals surface area contributed by atoms with Crippen molar-refractivity contribution in [2.24, 2.45) is 17.6 Å². The van der Waals surface area contributed by atoms with E-state index in [1.807, 2.05) is 30.3 Å². The Kier molecular flexibility index (Phi) is 11.3. The van der Waals surface area contributed by atoms with Crippen LogP contribution in [0.25, 0.3) is 0 Å². The Morgan fingerprint density at radius 1 is 1.23 bits per heavy atom. The molecule has 0 aromatic heterocycles. The van der Waals surface area contributed by atoms with Crippen molar-refractivity contribution in [3.63, 3.8) is 0 Å². The monoisotopic (exact) mass is 514 g/mol. The molecule has 1 aliphatic heterocycles. The van der Waals surface area contributed by atoms with E-state index < -0.39 is 5.91 Å². The lowest BCUT2D eigenvalue weighted by molar-refractivity contribution is 0.100. The molecule has 1 aliphatic rings. The summed E-state index contributed by atoms with van der Waals surface area (Å²) in [6.45, 7) is 4.76. The van der Waals surface area contributed by atoms with Gasteiger partial charge in [0, 0.05) is 29.6 Å². The summed E-state index contributed by atoms with van der Waals surface area (Å²) in [7, 11) is 0. The molecule has 0 spiro atoms. The lowest BCUT2D eigenvalue weighted by atomic mass is 9.99. The van der Waals surface area contributed by atoms with Crippen molar-refractivity contribution >= 4 is 35.8 Å². The van der Waals surface area contributed by atoms with Crippen LogP contribution >= 0.6 is 24.2 Å². The van der Waals surface area contributed by atoms with E-state index in [2.05, 4.69) is 42.7 Å². The molecule has 0 bridgehead atoms. The van der Waals surface area contributed by atoms with Gasteiger partial charge in [-0.05, 0) is 92.5 Å². The highest BCUT2D eigenvalue weighted by Crippen LogP contribution is 2.34. The van der Waals surface area contributed by atoms with E-state index in [4.69, 9.17) is 22.1 Å². The number of nitrogens with two attached hydrogens (primary N) is 1. The van der Waals surface area contributed by atoms with Crippen molar-refractivity contribution in [1.82, 2.24) is 0 Å². The van der Waals surface area contributed by atoms with Gasteiger partial charge in [-0.15, -0.1) is 0 Å². The number of amides is 1. The van der Waals surface area contributed by atoms with E-state index in [1.165, 1.54) is 5.56 Å². The van der Waals surface area contributed by atoms with Crippen molar-refractivity contribution in [2.45, 2.75) is 51.9 Å². The third kappa shape index (κ3) is 9.12. The molecule has 0 saturated heterocycles. The first kappa shape index (κ1) is 27.5. The molecule has 190 valence electrons. The predicted octanol–water partition coefficient (Wildman–Crippen LogP) is 6.96. The maximum Gasteiger partial charge on any atom is 0.248 e. The number of allylic oxidation sites excluding steroid dienone is 2. The number of thiol groups is 1. The molecule has 1 heterocycles. The Hall–Kier alpha value is -2.11. The van der Waals surface area contributed by atoms with E-state index in [0.717, 1.165) is 80.2 Å². The highest BCUT2D eigenvalue weighted by atomic mass is 35.5. The molecular formula is C29H39ClN2O2S. The fraction of sp³-hybridized carbons (Fsp3) is 0.483. The third-order valence-corrected chi connectivity index (χ3v) is 7.43. The van der Waals surface area contributed by atoms with Gasteiger partial charge in [0.05, 0.1) is 12.3 Å². The fourth-order valence-corrected chi connectivity index (χ4v) is 4.83. The molecule has 1 amide bonds. The topological polar surface area (TPSA) is 55.6 Å². The minimum atomic E-state index is -0.407. The van der Waals surface area contributed by atoms with Crippen LogP contribution in [0.1, 0.15) is 61.4 Å². The number of fused-ring (bicyclic) bond motifs is 1. The molecule has 2 aromatic carbocycles. The normalized spacial score (nSPS) is 16.5. The summed E-state index contributed by atoms with van der Waals surface area (Å²) in [4.78, 5) is 14.2. The van der Waals surface area contributed by atoms with Gasteiger partial charge in [0.15, 0.2) is 0 Å². The molecule has 3 rings (SSSR count). The first-order chi connectivity index (χ1) is 17.0. The number of nitrogens with zero attached hydrogens (tertiary/aromatic N) is 1. The van der Waals surface area contributed by atoms with Crippen LogP contribution in [0.15, 0.2) is 54.6 Å². The lowest BCUT2D eigenvalue weighted by Gasteiger charge is -2.27. The standard InChI is InChI=1S/C29H39ClN2O2S/c1-22(21-35)9-5-3-2-4-6-16-32-19-24(12-7-10-23-11-8-13-26(30)17-23)20-34-28-15-14-25(29(31)33)18-27(28)32/h3,5,8,11,13-15,17-18,22,24,35H,2,4,6-7,9-10,12,16,19-21H2,1H3,(H2,31,33)/b5-3+/t22-,24?/m0/s1. The number of hydrogen-bond donors (Lipinski definition) is 2. The Bertz CT molecular complexity index is 981. The zero-order valence-corrected chi connectivity index (χ0v) is 22.4. The zero-order valence-electron chi connectivity index (χ0n) is 20.8. The van der Waals surface area contributed by atoms with Gasteiger partial charge in [0.1, 0.15) is 5.75 Å². The summed E-state index contributed by atoms with van der Waals surface area (Å²) in [5, 5.41) is 0.790. The minimum absolute atomic E-state index is 0.407. The van der Waals surface area contributed by atoms with Crippen molar-refractivity contribution in [3.05, 3.63) is 70.8 Å². The molecule has 2 aromatic rings. The number of ether oxygens (including phenoxy) is 1. The van der Waals surface area contributed by atoms with Crippen LogP contribution in [-0.4, -0.2) is 31.4 Å². The molecule has 1 unspecified atom stereocenters. The SMILES string of the molecule is C[C@H](CS)C/C=C/CCCCN1CC(CCCc2cccc(Cl)c2)COc2ccc(C(N)=O)cc21. The molecule has 0 radical (unpaired) electrons. The molecular weight excluding hydrogens is 476 g/mol. The summed E-state index contributed by atoms with van der Waals surface area (Å²) in [5.74, 6) is 2.40. The first-order valence-electron chi connectivity index (χ1n) is 12.8. The van der Waals surface area contributed by atoms with Crippen LogP contribution in [0.2, 0.25) is 5.02 Å². The second kappa shape index (κ2) is 14.4. The Labute approximate surface area is 221 Å². The minimum Gasteiger partial charge on any atom is -0.491 e. The van der Waals surface area contributed by atoms with Crippen LogP contribution in [0.4, 0.5) is 5.69 Å². The molecule has 0 saturated carbocycles. The average Bonchev–Trinajstić information content (AvgIpc) is 3.02. The van der Waals surface area contributed by atoms with Crippen molar-refractivity contribution < 1.29 is 9.53 Å². The Morgan fingerprint density at radius 3 is 2.86 bits per heavy atom. The number of primary amides is 1. The maximum atomic E-state index is 11.8. The average molecular weight is 515 g/mol. The second-order valence-corrected chi connectivity index (χ2v) is 10.5. The summed E-state index contributed by atoms with van der Waals surface area (Å²) in [5.41, 5.74) is 8.35. The zero-order chi connectivity index (χ0) is 25.0. The molecule has 0 fully saturated rings. The number of anilines is 1. The van der Waals surface area contributed by atoms with Gasteiger partial charge in [-0.3, -0.25) is 4.79 Å². The summed E-state index contributed by atoms with van der Waals surface area (Å²) < 4.78 is 6.21. The van der Waals surface area contributed by atoms with Gasteiger partial charge in [0.25, 0.3) is 0 Å². The maximum absolute atomic E-state index is 11.8. The molecule has 0 aliphatic carbocycles. The number of unbranched alkanes of at least 4 members (excludes halogenated alkanes) is 2. The number of rotatable bonds is 13. The largest absolute Gasteiger partial charge is 0.491 e. The molecule has 4 nitrogen and oxygen atoms in total. The molecule has 2 N–H and O–H groups in total. The van der Waals surface area contributed by atoms with E-state index >= 15 is 0 Å². The van der Waals surface area contributed by atoms with E-state index in [1.54, 1.807) is 6.07 Å². The van der Waals surface area contributed by atoms with Crippen LogP contribution in [0.3, 0.4) is 0 Å². The van der Waals surface area contributed by atoms with Gasteiger partial charge in [-0.25, -0.2) is 0 Å². The van der Waals surface area contributed by atoms with Gasteiger partial charge in [0.2, 0.25) is 5.91 Å². The quantitative estimate of drug-likeness (QED) is 0.172. The first-order valence-corrected chi connectivity index (χ1v) is 13.8. The van der Waals surface area contributed by atoms with Crippen LogP contribution in [0.5, 0.6) is 5.75 Å². The predicted molar refractivity (Wildman–Crippen MR) is 151 cm³/mol. The highest BCUT2D eigenvalue weighted by molar-refractivity contribution is 7.80. The molecule has 2 atom stereocenters. The Morgan fingerprint density at radius 2 is 2.09 bits per heavy atom. The number of hydrogen-bond acceptors (Lipinski definition) is 4. The van der Waals surface area contributed by atoms with Gasteiger partial charge in [-0.1, -0.05) is 42.8 Å². The van der Waals surface area contributed by atoms with Crippen molar-refractivity contribution in [3.8, 4) is 5.75 Å². The number of carbonyl (C=O) groups excluding carboxylic acids is 1. The fourth-order valence-electron chi connectivity index (χ4n) is 4.47. The smallest absolute Gasteiger partial charge is 0.248 e. The van der Waals surface area contributed by atoms with E-state index in [9.17, 15) is 4.79 Å². The Balaban J connectivity index is 1.59. The lowest BCUT2D eigenvalue weighted by Crippen LogP contribution is -2.31. The highest BCUT2D eigenvalue weighted by Gasteiger charge is 2.23. The summed E-state index contributed by atoms with van der Waals surface area (Å²) in [6, 6.07) is 13.7. The van der Waals surface area contributed by atoms with Gasteiger partial charge >= 0.3 is 0 Å². The van der Waals surface area contributed by atoms with Gasteiger partial charge in [-0.2, -0.15) is 12.6 Å². The van der Waals surface area contributed by atoms with Gasteiger partial charge < -0.3 is 15.4 Å². The van der Waals surface area contributed by atoms with Crippen molar-refractivity contribution in [1.29, 1.82) is 0 Å². The number of halogens is 1. The van der Waals surface area contributed by atoms with E-state index in [0.29, 0.717) is 24.0 Å².